The van der Waals surface area contributed by atoms with Crippen molar-refractivity contribution in [2.45, 2.75) is 6.42 Å². The average Bonchev–Trinajstić information content (AvgIpc) is 2.74. The fourth-order valence-corrected chi connectivity index (χ4v) is 3.91. The van der Waals surface area contributed by atoms with Crippen LogP contribution in [0.3, 0.4) is 0 Å². The van der Waals surface area contributed by atoms with Gasteiger partial charge < -0.3 is 9.80 Å². The Morgan fingerprint density at radius 1 is 0.929 bits per heavy atom. The minimum atomic E-state index is -3.56. The second-order valence-corrected chi connectivity index (χ2v) is 8.26. The number of carbonyl (C=O) groups is 1. The van der Waals surface area contributed by atoms with Crippen LogP contribution in [0.2, 0.25) is 0 Å². The molecule has 7 heteroatoms. The lowest BCUT2D eigenvalue weighted by Gasteiger charge is -2.36. The topological polar surface area (TPSA) is 69.7 Å². The first-order valence-electron chi connectivity index (χ1n) is 9.34. The quantitative estimate of drug-likeness (QED) is 0.776. The van der Waals surface area contributed by atoms with Gasteiger partial charge in [0.05, 0.1) is 0 Å². The Labute approximate surface area is 166 Å². The number of piperazine rings is 1. The molecule has 0 radical (unpaired) electrons. The van der Waals surface area contributed by atoms with Gasteiger partial charge in [-0.1, -0.05) is 48.5 Å². The van der Waals surface area contributed by atoms with Crippen LogP contribution in [0.1, 0.15) is 12.0 Å². The summed E-state index contributed by atoms with van der Waals surface area (Å²) in [6, 6.07) is 19.3. The predicted molar refractivity (Wildman–Crippen MR) is 112 cm³/mol. The number of hydrogen-bond donors (Lipinski definition) is 1. The summed E-state index contributed by atoms with van der Waals surface area (Å²) in [4.78, 5) is 16.4. The SMILES string of the molecule is O=C(CCNS(=O)(=O)/C=C/c1ccccc1)N1CCN(c2ccccc2)CC1. The number of sulfonamides is 1. The van der Waals surface area contributed by atoms with Crippen LogP contribution in [-0.4, -0.2) is 51.9 Å². The number of amides is 1. The highest BCUT2D eigenvalue weighted by molar-refractivity contribution is 7.92. The summed E-state index contributed by atoms with van der Waals surface area (Å²) in [6.45, 7) is 2.95. The average molecular weight is 400 g/mol. The van der Waals surface area contributed by atoms with E-state index in [4.69, 9.17) is 0 Å². The molecule has 148 valence electrons. The number of para-hydroxylation sites is 1. The monoisotopic (exact) mass is 399 g/mol. The second kappa shape index (κ2) is 9.52. The van der Waals surface area contributed by atoms with Crippen molar-refractivity contribution in [3.63, 3.8) is 0 Å². The molecular formula is C21H25N3O3S. The molecule has 1 aliphatic rings. The van der Waals surface area contributed by atoms with Crippen molar-refractivity contribution < 1.29 is 13.2 Å². The van der Waals surface area contributed by atoms with E-state index in [1.165, 1.54) is 6.08 Å². The summed E-state index contributed by atoms with van der Waals surface area (Å²) in [5, 5.41) is 1.13. The second-order valence-electron chi connectivity index (χ2n) is 6.61. The van der Waals surface area contributed by atoms with E-state index in [0.717, 1.165) is 29.7 Å². The van der Waals surface area contributed by atoms with Gasteiger partial charge in [-0.3, -0.25) is 4.79 Å². The van der Waals surface area contributed by atoms with E-state index >= 15 is 0 Å². The molecule has 3 rings (SSSR count). The molecule has 0 atom stereocenters. The first kappa shape index (κ1) is 20.1. The van der Waals surface area contributed by atoms with E-state index in [9.17, 15) is 13.2 Å². The zero-order valence-corrected chi connectivity index (χ0v) is 16.5. The van der Waals surface area contributed by atoms with Gasteiger partial charge in [0, 0.05) is 50.2 Å². The van der Waals surface area contributed by atoms with Crippen LogP contribution in [0.25, 0.3) is 6.08 Å². The van der Waals surface area contributed by atoms with Gasteiger partial charge in [-0.15, -0.1) is 0 Å². The molecule has 1 aliphatic heterocycles. The van der Waals surface area contributed by atoms with Gasteiger partial charge in [-0.05, 0) is 23.8 Å². The molecule has 2 aromatic carbocycles. The molecule has 1 N–H and O–H groups in total. The third-order valence-electron chi connectivity index (χ3n) is 4.64. The van der Waals surface area contributed by atoms with Crippen LogP contribution in [0, 0.1) is 0 Å². The highest BCUT2D eigenvalue weighted by Gasteiger charge is 2.21. The fraction of sp³-hybridized carbons (Fsp3) is 0.286. The lowest BCUT2D eigenvalue weighted by atomic mass is 10.2. The summed E-state index contributed by atoms with van der Waals surface area (Å²) in [6.07, 6.45) is 1.69. The summed E-state index contributed by atoms with van der Waals surface area (Å²) in [5.74, 6) is -0.0255. The van der Waals surface area contributed by atoms with E-state index in [2.05, 4.69) is 21.8 Å². The Hall–Kier alpha value is -2.64. The van der Waals surface area contributed by atoms with Gasteiger partial charge in [0.15, 0.2) is 0 Å². The van der Waals surface area contributed by atoms with E-state index < -0.39 is 10.0 Å². The largest absolute Gasteiger partial charge is 0.368 e. The third-order valence-corrected chi connectivity index (χ3v) is 5.74. The summed E-state index contributed by atoms with van der Waals surface area (Å²) >= 11 is 0. The highest BCUT2D eigenvalue weighted by Crippen LogP contribution is 2.15. The Morgan fingerprint density at radius 3 is 2.18 bits per heavy atom. The van der Waals surface area contributed by atoms with Crippen molar-refractivity contribution in [3.8, 4) is 0 Å². The normalized spacial score (nSPS) is 15.1. The van der Waals surface area contributed by atoms with Crippen molar-refractivity contribution in [1.82, 2.24) is 9.62 Å². The molecule has 28 heavy (non-hydrogen) atoms. The molecule has 0 aliphatic carbocycles. The lowest BCUT2D eigenvalue weighted by Crippen LogP contribution is -2.49. The maximum absolute atomic E-state index is 12.4. The van der Waals surface area contributed by atoms with E-state index in [1.54, 1.807) is 4.90 Å². The Kier molecular flexibility index (Phi) is 6.84. The molecule has 0 aromatic heterocycles. The van der Waals surface area contributed by atoms with Gasteiger partial charge in [0.1, 0.15) is 0 Å². The van der Waals surface area contributed by atoms with Crippen LogP contribution in [-0.2, 0) is 14.8 Å². The van der Waals surface area contributed by atoms with Crippen LogP contribution < -0.4 is 9.62 Å². The lowest BCUT2D eigenvalue weighted by molar-refractivity contribution is -0.131. The van der Waals surface area contributed by atoms with Crippen molar-refractivity contribution in [2.75, 3.05) is 37.6 Å². The summed E-state index contributed by atoms with van der Waals surface area (Å²) < 4.78 is 26.5. The molecule has 2 aromatic rings. The number of nitrogens with zero attached hydrogens (tertiary/aromatic N) is 2. The maximum atomic E-state index is 12.4. The highest BCUT2D eigenvalue weighted by atomic mass is 32.2. The summed E-state index contributed by atoms with van der Waals surface area (Å²) in [5.41, 5.74) is 1.97. The van der Waals surface area contributed by atoms with E-state index in [0.29, 0.717) is 13.1 Å². The molecule has 0 saturated carbocycles. The molecule has 1 amide bonds. The Morgan fingerprint density at radius 2 is 1.54 bits per heavy atom. The molecule has 1 fully saturated rings. The molecule has 1 saturated heterocycles. The molecule has 0 unspecified atom stereocenters. The van der Waals surface area contributed by atoms with Crippen molar-refractivity contribution in [1.29, 1.82) is 0 Å². The van der Waals surface area contributed by atoms with Gasteiger partial charge in [-0.25, -0.2) is 13.1 Å². The van der Waals surface area contributed by atoms with Crippen molar-refractivity contribution in [2.24, 2.45) is 0 Å². The van der Waals surface area contributed by atoms with E-state index in [-0.39, 0.29) is 18.9 Å². The smallest absolute Gasteiger partial charge is 0.233 e. The van der Waals surface area contributed by atoms with Crippen LogP contribution >= 0.6 is 0 Å². The fourth-order valence-electron chi connectivity index (χ4n) is 3.09. The van der Waals surface area contributed by atoms with Crippen LogP contribution in [0.5, 0.6) is 0 Å². The first-order chi connectivity index (χ1) is 13.5. The van der Waals surface area contributed by atoms with Crippen LogP contribution in [0.15, 0.2) is 66.1 Å². The molecule has 0 bridgehead atoms. The zero-order chi connectivity index (χ0) is 19.8. The number of carbonyl (C=O) groups excluding carboxylic acids is 1. The maximum Gasteiger partial charge on any atom is 0.233 e. The number of nitrogens with one attached hydrogen (secondary N) is 1. The number of benzene rings is 2. The van der Waals surface area contributed by atoms with Crippen molar-refractivity contribution in [3.05, 3.63) is 71.6 Å². The van der Waals surface area contributed by atoms with Crippen LogP contribution in [0.4, 0.5) is 5.69 Å². The minimum Gasteiger partial charge on any atom is -0.368 e. The molecule has 6 nitrogen and oxygen atoms in total. The Bertz CT molecular complexity index is 891. The molecular weight excluding hydrogens is 374 g/mol. The van der Waals surface area contributed by atoms with Gasteiger partial charge in [0.2, 0.25) is 15.9 Å². The summed E-state index contributed by atoms with van der Waals surface area (Å²) in [7, 11) is -3.56. The van der Waals surface area contributed by atoms with Gasteiger partial charge in [-0.2, -0.15) is 0 Å². The van der Waals surface area contributed by atoms with Crippen molar-refractivity contribution >= 4 is 27.7 Å². The molecule has 1 heterocycles. The molecule has 0 spiro atoms. The number of hydrogen-bond acceptors (Lipinski definition) is 4. The van der Waals surface area contributed by atoms with E-state index in [1.807, 2.05) is 48.5 Å². The predicted octanol–water partition coefficient (Wildman–Crippen LogP) is 2.32. The zero-order valence-electron chi connectivity index (χ0n) is 15.7. The minimum absolute atomic E-state index is 0.0255. The first-order valence-corrected chi connectivity index (χ1v) is 10.9. The third kappa shape index (κ3) is 5.94. The van der Waals surface area contributed by atoms with Gasteiger partial charge in [0.25, 0.3) is 0 Å². The van der Waals surface area contributed by atoms with Gasteiger partial charge >= 0.3 is 0 Å². The number of anilines is 1. The number of rotatable bonds is 7. The Balaban J connectivity index is 1.41. The standard InChI is InChI=1S/C21H25N3O3S/c25-21(24-16-14-23(15-17-24)20-9-5-2-6-10-20)11-13-22-28(26,27)18-12-19-7-3-1-4-8-19/h1-10,12,18,22H,11,13-17H2/b18-12+.